The summed E-state index contributed by atoms with van der Waals surface area (Å²) in [4.78, 5) is 0. The number of hydrazine groups is 1. The molecule has 5 nitrogen and oxygen atoms in total. The molecule has 1 heterocycles. The van der Waals surface area contributed by atoms with E-state index in [1.165, 1.54) is 0 Å². The van der Waals surface area contributed by atoms with E-state index in [1.807, 2.05) is 32.0 Å². The standard InChI is InChI=1S/C15H19BrN2O3/c1-8-7-11(9(2)21-8)14(18-17)10-5-6-12(19-3)13(16)15(10)20-4/h5-7,14,18H,17H2,1-4H3. The van der Waals surface area contributed by atoms with E-state index >= 15 is 0 Å². The molecular weight excluding hydrogens is 336 g/mol. The Morgan fingerprint density at radius 3 is 2.38 bits per heavy atom. The summed E-state index contributed by atoms with van der Waals surface area (Å²) >= 11 is 3.50. The van der Waals surface area contributed by atoms with E-state index in [1.54, 1.807) is 14.2 Å². The number of furan rings is 1. The van der Waals surface area contributed by atoms with Gasteiger partial charge in [-0.05, 0) is 48.0 Å². The molecule has 2 rings (SSSR count). The van der Waals surface area contributed by atoms with Crippen LogP contribution in [0.1, 0.15) is 28.7 Å². The van der Waals surface area contributed by atoms with Crippen molar-refractivity contribution < 1.29 is 13.9 Å². The molecule has 0 amide bonds. The molecule has 0 saturated heterocycles. The molecule has 1 aromatic heterocycles. The van der Waals surface area contributed by atoms with Crippen molar-refractivity contribution in [2.24, 2.45) is 5.84 Å². The van der Waals surface area contributed by atoms with E-state index in [9.17, 15) is 0 Å². The molecule has 0 aliphatic rings. The molecule has 114 valence electrons. The van der Waals surface area contributed by atoms with Crippen molar-refractivity contribution in [2.45, 2.75) is 19.9 Å². The molecule has 1 atom stereocenters. The number of aryl methyl sites for hydroxylation is 2. The second-order valence-corrected chi connectivity index (χ2v) is 5.47. The number of nitrogens with two attached hydrogens (primary N) is 1. The largest absolute Gasteiger partial charge is 0.495 e. The van der Waals surface area contributed by atoms with Crippen molar-refractivity contribution in [3.63, 3.8) is 0 Å². The summed E-state index contributed by atoms with van der Waals surface area (Å²) in [7, 11) is 3.23. The molecule has 0 radical (unpaired) electrons. The minimum Gasteiger partial charge on any atom is -0.495 e. The number of methoxy groups -OCH3 is 2. The molecule has 0 fully saturated rings. The topological polar surface area (TPSA) is 69.7 Å². The summed E-state index contributed by atoms with van der Waals surface area (Å²) in [5.74, 6) is 8.81. The number of halogens is 1. The number of benzene rings is 1. The number of rotatable bonds is 5. The highest BCUT2D eigenvalue weighted by atomic mass is 79.9. The van der Waals surface area contributed by atoms with Gasteiger partial charge in [0.2, 0.25) is 0 Å². The first-order valence-electron chi connectivity index (χ1n) is 6.46. The van der Waals surface area contributed by atoms with Gasteiger partial charge in [-0.3, -0.25) is 5.84 Å². The lowest BCUT2D eigenvalue weighted by atomic mass is 9.98. The van der Waals surface area contributed by atoms with Crippen LogP contribution in [0.2, 0.25) is 0 Å². The van der Waals surface area contributed by atoms with Crippen LogP contribution in [0.5, 0.6) is 11.5 Å². The first-order valence-corrected chi connectivity index (χ1v) is 7.26. The van der Waals surface area contributed by atoms with Gasteiger partial charge in [0.15, 0.2) is 0 Å². The Morgan fingerprint density at radius 1 is 1.19 bits per heavy atom. The molecule has 0 aliphatic carbocycles. The molecule has 3 N–H and O–H groups in total. The molecule has 0 bridgehead atoms. The minimum absolute atomic E-state index is 0.236. The summed E-state index contributed by atoms with van der Waals surface area (Å²) in [6, 6.07) is 5.53. The van der Waals surface area contributed by atoms with Crippen LogP contribution < -0.4 is 20.7 Å². The Hall–Kier alpha value is -1.50. The van der Waals surface area contributed by atoms with Gasteiger partial charge in [-0.1, -0.05) is 0 Å². The van der Waals surface area contributed by atoms with Crippen molar-refractivity contribution >= 4 is 15.9 Å². The fourth-order valence-corrected chi connectivity index (χ4v) is 3.11. The summed E-state index contributed by atoms with van der Waals surface area (Å²) in [5, 5.41) is 0. The molecule has 6 heteroatoms. The van der Waals surface area contributed by atoms with Crippen molar-refractivity contribution in [3.8, 4) is 11.5 Å². The first kappa shape index (κ1) is 15.9. The maximum Gasteiger partial charge on any atom is 0.141 e. The van der Waals surface area contributed by atoms with Gasteiger partial charge in [-0.25, -0.2) is 5.43 Å². The van der Waals surface area contributed by atoms with Gasteiger partial charge >= 0.3 is 0 Å². The normalized spacial score (nSPS) is 12.3. The van der Waals surface area contributed by atoms with Crippen LogP contribution in [0.25, 0.3) is 0 Å². The Balaban J connectivity index is 2.57. The van der Waals surface area contributed by atoms with E-state index in [0.29, 0.717) is 11.5 Å². The summed E-state index contributed by atoms with van der Waals surface area (Å²) in [6.07, 6.45) is 0. The third-order valence-corrected chi connectivity index (χ3v) is 4.14. The molecule has 1 unspecified atom stereocenters. The zero-order valence-corrected chi connectivity index (χ0v) is 14.1. The van der Waals surface area contributed by atoms with Crippen molar-refractivity contribution in [1.29, 1.82) is 0 Å². The number of ether oxygens (including phenoxy) is 2. The number of hydrogen-bond donors (Lipinski definition) is 2. The SMILES string of the molecule is COc1ccc(C(NN)c2cc(C)oc2C)c(OC)c1Br. The van der Waals surface area contributed by atoms with Gasteiger partial charge < -0.3 is 13.9 Å². The van der Waals surface area contributed by atoms with E-state index in [4.69, 9.17) is 19.7 Å². The van der Waals surface area contributed by atoms with Crippen LogP contribution in [0.15, 0.2) is 27.1 Å². The number of hydrogen-bond acceptors (Lipinski definition) is 5. The Bertz CT molecular complexity index is 640. The van der Waals surface area contributed by atoms with E-state index < -0.39 is 0 Å². The highest BCUT2D eigenvalue weighted by Gasteiger charge is 2.24. The maximum atomic E-state index is 5.77. The van der Waals surface area contributed by atoms with Crippen LogP contribution in [0.4, 0.5) is 0 Å². The van der Waals surface area contributed by atoms with Crippen molar-refractivity contribution in [3.05, 3.63) is 45.3 Å². The van der Waals surface area contributed by atoms with Gasteiger partial charge in [-0.15, -0.1) is 0 Å². The molecule has 0 saturated carbocycles. The van der Waals surface area contributed by atoms with E-state index in [2.05, 4.69) is 21.4 Å². The Morgan fingerprint density at radius 2 is 1.90 bits per heavy atom. The Labute approximate surface area is 132 Å². The zero-order valence-electron chi connectivity index (χ0n) is 12.5. The fraction of sp³-hybridized carbons (Fsp3) is 0.333. The number of nitrogens with one attached hydrogen (secondary N) is 1. The second-order valence-electron chi connectivity index (χ2n) is 4.67. The molecule has 1 aromatic carbocycles. The summed E-state index contributed by atoms with van der Waals surface area (Å²) in [5.41, 5.74) is 4.70. The van der Waals surface area contributed by atoms with E-state index in [0.717, 1.165) is 27.1 Å². The van der Waals surface area contributed by atoms with Gasteiger partial charge in [0, 0.05) is 11.1 Å². The predicted molar refractivity (Wildman–Crippen MR) is 84.6 cm³/mol. The van der Waals surface area contributed by atoms with Crippen LogP contribution >= 0.6 is 15.9 Å². The van der Waals surface area contributed by atoms with Crippen LogP contribution in [-0.4, -0.2) is 14.2 Å². The molecule has 0 spiro atoms. The quantitative estimate of drug-likeness (QED) is 0.637. The van der Waals surface area contributed by atoms with Gasteiger partial charge in [0.25, 0.3) is 0 Å². The third-order valence-electron chi connectivity index (χ3n) is 3.38. The molecular formula is C15H19BrN2O3. The van der Waals surface area contributed by atoms with Gasteiger partial charge in [-0.2, -0.15) is 0 Å². The Kier molecular flexibility index (Phi) is 4.92. The maximum absolute atomic E-state index is 5.77. The fourth-order valence-electron chi connectivity index (χ4n) is 2.43. The lowest BCUT2D eigenvalue weighted by Crippen LogP contribution is -2.29. The summed E-state index contributed by atoms with van der Waals surface area (Å²) in [6.45, 7) is 3.82. The first-order chi connectivity index (χ1) is 10.0. The lowest BCUT2D eigenvalue weighted by Gasteiger charge is -2.20. The third kappa shape index (κ3) is 2.92. The second kappa shape index (κ2) is 6.51. The molecule has 0 aliphatic heterocycles. The smallest absolute Gasteiger partial charge is 0.141 e. The minimum atomic E-state index is -0.236. The predicted octanol–water partition coefficient (Wildman–Crippen LogP) is 3.23. The average molecular weight is 355 g/mol. The molecule has 21 heavy (non-hydrogen) atoms. The molecule has 2 aromatic rings. The lowest BCUT2D eigenvalue weighted by molar-refractivity contribution is 0.382. The van der Waals surface area contributed by atoms with Crippen LogP contribution in [-0.2, 0) is 0 Å². The van der Waals surface area contributed by atoms with Gasteiger partial charge in [0.05, 0.1) is 20.3 Å². The average Bonchev–Trinajstić information content (AvgIpc) is 2.79. The van der Waals surface area contributed by atoms with Crippen LogP contribution in [0, 0.1) is 13.8 Å². The van der Waals surface area contributed by atoms with E-state index in [-0.39, 0.29) is 6.04 Å². The highest BCUT2D eigenvalue weighted by molar-refractivity contribution is 9.10. The monoisotopic (exact) mass is 354 g/mol. The van der Waals surface area contributed by atoms with Crippen LogP contribution in [0.3, 0.4) is 0 Å². The van der Waals surface area contributed by atoms with Crippen molar-refractivity contribution in [2.75, 3.05) is 14.2 Å². The summed E-state index contributed by atoms with van der Waals surface area (Å²) < 4.78 is 17.2. The van der Waals surface area contributed by atoms with Gasteiger partial charge in [0.1, 0.15) is 27.5 Å². The van der Waals surface area contributed by atoms with Crippen molar-refractivity contribution in [1.82, 2.24) is 5.43 Å². The zero-order chi connectivity index (χ0) is 15.6. The highest BCUT2D eigenvalue weighted by Crippen LogP contribution is 2.41.